The summed E-state index contributed by atoms with van der Waals surface area (Å²) in [4.78, 5) is 11.5. The molecule has 0 aliphatic rings. The number of nitrogens with one attached hydrogen (secondary N) is 1. The van der Waals surface area contributed by atoms with E-state index in [0.717, 1.165) is 10.6 Å². The van der Waals surface area contributed by atoms with Crippen LogP contribution in [0, 0.1) is 5.82 Å². The first-order chi connectivity index (χ1) is 8.20. The summed E-state index contributed by atoms with van der Waals surface area (Å²) in [5.74, 6) is -0.942. The molecule has 0 saturated heterocycles. The molecule has 100 valence electrons. The Balaban J connectivity index is 2.68. The third kappa shape index (κ3) is 4.35. The molecule has 1 aromatic carbocycles. The molecule has 18 heavy (non-hydrogen) atoms. The van der Waals surface area contributed by atoms with Crippen molar-refractivity contribution in [2.45, 2.75) is 0 Å². The van der Waals surface area contributed by atoms with Crippen LogP contribution in [0.4, 0.5) is 10.1 Å². The maximum Gasteiger partial charge on any atom is 0.239 e. The van der Waals surface area contributed by atoms with E-state index < -0.39 is 21.7 Å². The molecule has 8 heteroatoms. The lowest BCUT2D eigenvalue weighted by Crippen LogP contribution is -2.34. The molecule has 0 spiro atoms. The average molecular weight is 339 g/mol. The highest BCUT2D eigenvalue weighted by atomic mass is 79.9. The molecule has 0 aromatic heterocycles. The summed E-state index contributed by atoms with van der Waals surface area (Å²) >= 11 is 2.99. The third-order valence-corrected chi connectivity index (χ3v) is 4.00. The molecule has 0 heterocycles. The number of carbonyl (C=O) groups is 1. The summed E-state index contributed by atoms with van der Waals surface area (Å²) in [5.41, 5.74) is 0.384. The molecule has 1 aromatic rings. The van der Waals surface area contributed by atoms with Crippen molar-refractivity contribution >= 4 is 37.5 Å². The molecule has 0 bridgehead atoms. The number of amides is 1. The van der Waals surface area contributed by atoms with Crippen molar-refractivity contribution in [3.63, 3.8) is 0 Å². The van der Waals surface area contributed by atoms with Crippen LogP contribution >= 0.6 is 15.9 Å². The van der Waals surface area contributed by atoms with Gasteiger partial charge in [-0.05, 0) is 34.1 Å². The molecule has 0 fully saturated rings. The van der Waals surface area contributed by atoms with Crippen LogP contribution in [-0.4, -0.2) is 38.5 Å². The van der Waals surface area contributed by atoms with Crippen molar-refractivity contribution in [3.8, 4) is 0 Å². The number of rotatable bonds is 4. The van der Waals surface area contributed by atoms with Gasteiger partial charge in [0.05, 0.1) is 17.3 Å². The van der Waals surface area contributed by atoms with Crippen LogP contribution in [0.1, 0.15) is 0 Å². The molecule has 0 radical (unpaired) electrons. The monoisotopic (exact) mass is 338 g/mol. The Morgan fingerprint density at radius 1 is 1.50 bits per heavy atom. The van der Waals surface area contributed by atoms with Gasteiger partial charge in [-0.2, -0.15) is 4.31 Å². The Hall–Kier alpha value is -0.990. The summed E-state index contributed by atoms with van der Waals surface area (Å²) in [6, 6.07) is 3.98. The second-order valence-corrected chi connectivity index (χ2v) is 6.64. The number of anilines is 1. The summed E-state index contributed by atoms with van der Waals surface area (Å²) in [6.45, 7) is -0.298. The van der Waals surface area contributed by atoms with Gasteiger partial charge in [-0.1, -0.05) is 0 Å². The molecule has 0 atom stereocenters. The highest BCUT2D eigenvalue weighted by Crippen LogP contribution is 2.19. The zero-order chi connectivity index (χ0) is 13.9. The molecular formula is C10H12BrFN2O3S. The SMILES string of the molecule is CN(CC(=O)Nc1ccc(F)c(Br)c1)S(C)(=O)=O. The van der Waals surface area contributed by atoms with Gasteiger partial charge in [0.2, 0.25) is 15.9 Å². The first-order valence-corrected chi connectivity index (χ1v) is 7.50. The molecule has 0 aliphatic carbocycles. The fourth-order valence-corrected chi connectivity index (χ4v) is 1.82. The van der Waals surface area contributed by atoms with Crippen molar-refractivity contribution in [2.24, 2.45) is 0 Å². The number of benzene rings is 1. The van der Waals surface area contributed by atoms with Gasteiger partial charge in [0, 0.05) is 12.7 Å². The summed E-state index contributed by atoms with van der Waals surface area (Å²) in [7, 11) is -2.10. The van der Waals surface area contributed by atoms with Gasteiger partial charge in [0.25, 0.3) is 0 Å². The smallest absolute Gasteiger partial charge is 0.239 e. The second-order valence-electron chi connectivity index (χ2n) is 3.70. The standard InChI is InChI=1S/C10H12BrFN2O3S/c1-14(18(2,16)17)6-10(15)13-7-3-4-9(12)8(11)5-7/h3-5H,6H2,1-2H3,(H,13,15). The number of nitrogens with zero attached hydrogens (tertiary/aromatic N) is 1. The van der Waals surface area contributed by atoms with Crippen LogP contribution in [-0.2, 0) is 14.8 Å². The van der Waals surface area contributed by atoms with Gasteiger partial charge in [-0.25, -0.2) is 12.8 Å². The van der Waals surface area contributed by atoms with E-state index in [1.54, 1.807) is 0 Å². The van der Waals surface area contributed by atoms with Gasteiger partial charge in [0.1, 0.15) is 5.82 Å². The highest BCUT2D eigenvalue weighted by molar-refractivity contribution is 9.10. The van der Waals surface area contributed by atoms with Crippen molar-refractivity contribution in [1.29, 1.82) is 0 Å². The molecule has 1 amide bonds. The van der Waals surface area contributed by atoms with E-state index in [1.165, 1.54) is 25.2 Å². The van der Waals surface area contributed by atoms with Crippen molar-refractivity contribution in [3.05, 3.63) is 28.5 Å². The van der Waals surface area contributed by atoms with Crippen LogP contribution in [0.25, 0.3) is 0 Å². The fraction of sp³-hybridized carbons (Fsp3) is 0.300. The minimum absolute atomic E-state index is 0.219. The average Bonchev–Trinajstić information content (AvgIpc) is 2.22. The molecule has 0 aliphatic heterocycles. The van der Waals surface area contributed by atoms with Crippen LogP contribution < -0.4 is 5.32 Å². The first-order valence-electron chi connectivity index (χ1n) is 4.86. The lowest BCUT2D eigenvalue weighted by molar-refractivity contribution is -0.116. The number of likely N-dealkylation sites (N-methyl/N-ethyl adjacent to an activating group) is 1. The minimum atomic E-state index is -3.40. The first kappa shape index (κ1) is 15.1. The van der Waals surface area contributed by atoms with E-state index >= 15 is 0 Å². The van der Waals surface area contributed by atoms with Gasteiger partial charge in [-0.15, -0.1) is 0 Å². The van der Waals surface area contributed by atoms with Crippen LogP contribution in [0.3, 0.4) is 0 Å². The molecular weight excluding hydrogens is 327 g/mol. The number of hydrogen-bond acceptors (Lipinski definition) is 3. The quantitative estimate of drug-likeness (QED) is 0.902. The second kappa shape index (κ2) is 5.77. The number of sulfonamides is 1. The molecule has 1 N–H and O–H groups in total. The Labute approximate surface area is 113 Å². The molecule has 0 saturated carbocycles. The van der Waals surface area contributed by atoms with E-state index in [-0.39, 0.29) is 11.0 Å². The summed E-state index contributed by atoms with van der Waals surface area (Å²) < 4.78 is 36.3. The van der Waals surface area contributed by atoms with Crippen molar-refractivity contribution in [2.75, 3.05) is 25.2 Å². The fourth-order valence-electron chi connectivity index (χ4n) is 1.09. The molecule has 1 rings (SSSR count). The van der Waals surface area contributed by atoms with Gasteiger partial charge in [0.15, 0.2) is 0 Å². The number of halogens is 2. The molecule has 0 unspecified atom stereocenters. The Bertz CT molecular complexity index is 562. The van der Waals surface area contributed by atoms with Gasteiger partial charge in [-0.3, -0.25) is 4.79 Å². The Kier molecular flexibility index (Phi) is 4.83. The van der Waals surface area contributed by atoms with E-state index in [2.05, 4.69) is 21.2 Å². The van der Waals surface area contributed by atoms with Crippen LogP contribution in [0.15, 0.2) is 22.7 Å². The summed E-state index contributed by atoms with van der Waals surface area (Å²) in [6.07, 6.45) is 1.01. The van der Waals surface area contributed by atoms with Crippen LogP contribution in [0.5, 0.6) is 0 Å². The summed E-state index contributed by atoms with van der Waals surface area (Å²) in [5, 5.41) is 2.47. The third-order valence-electron chi connectivity index (χ3n) is 2.14. The maximum atomic E-state index is 13.0. The van der Waals surface area contributed by atoms with Crippen LogP contribution in [0.2, 0.25) is 0 Å². The Morgan fingerprint density at radius 2 is 2.11 bits per heavy atom. The highest BCUT2D eigenvalue weighted by Gasteiger charge is 2.15. The van der Waals surface area contributed by atoms with E-state index in [0.29, 0.717) is 5.69 Å². The number of carbonyl (C=O) groups excluding carboxylic acids is 1. The van der Waals surface area contributed by atoms with Gasteiger partial charge < -0.3 is 5.32 Å². The minimum Gasteiger partial charge on any atom is -0.325 e. The zero-order valence-corrected chi connectivity index (χ0v) is 12.2. The van der Waals surface area contributed by atoms with E-state index in [9.17, 15) is 17.6 Å². The molecule has 5 nitrogen and oxygen atoms in total. The van der Waals surface area contributed by atoms with E-state index in [1.807, 2.05) is 0 Å². The lowest BCUT2D eigenvalue weighted by Gasteiger charge is -2.13. The normalized spacial score (nSPS) is 11.6. The topological polar surface area (TPSA) is 66.5 Å². The zero-order valence-electron chi connectivity index (χ0n) is 9.78. The van der Waals surface area contributed by atoms with Crippen molar-refractivity contribution in [1.82, 2.24) is 4.31 Å². The number of hydrogen-bond donors (Lipinski definition) is 1. The van der Waals surface area contributed by atoms with Crippen molar-refractivity contribution < 1.29 is 17.6 Å². The largest absolute Gasteiger partial charge is 0.325 e. The predicted octanol–water partition coefficient (Wildman–Crippen LogP) is 1.42. The Morgan fingerprint density at radius 3 is 2.61 bits per heavy atom. The lowest BCUT2D eigenvalue weighted by atomic mass is 10.3. The van der Waals surface area contributed by atoms with E-state index in [4.69, 9.17) is 0 Å². The maximum absolute atomic E-state index is 13.0. The predicted molar refractivity (Wildman–Crippen MR) is 70.2 cm³/mol. The van der Waals surface area contributed by atoms with Gasteiger partial charge >= 0.3 is 0 Å².